The van der Waals surface area contributed by atoms with E-state index < -0.39 is 0 Å². The van der Waals surface area contributed by atoms with Gasteiger partial charge in [0.25, 0.3) is 5.91 Å². The zero-order chi connectivity index (χ0) is 15.8. The van der Waals surface area contributed by atoms with Gasteiger partial charge >= 0.3 is 0 Å². The Labute approximate surface area is 135 Å². The maximum Gasteiger partial charge on any atom is 0.257 e. The van der Waals surface area contributed by atoms with E-state index in [4.69, 9.17) is 4.42 Å². The van der Waals surface area contributed by atoms with Gasteiger partial charge in [0.05, 0.1) is 18.4 Å². The number of likely N-dealkylation sites (tertiary alicyclic amines) is 2. The van der Waals surface area contributed by atoms with Crippen LogP contribution in [0.5, 0.6) is 0 Å². The van der Waals surface area contributed by atoms with Crippen LogP contribution in [0.1, 0.15) is 23.2 Å². The standard InChI is InChI=1S/C17H22N4O2/c1-19-15(11-21-6-2-5-18-21)9-14-10-20(7-3-16(14)19)17(22)13-4-8-23-12-13/h2,4-6,8,12,14-16H,3,7,9-11H2,1H3/t14-,15+,16+/m0/s1. The second-order valence-corrected chi connectivity index (χ2v) is 6.66. The zero-order valence-electron chi connectivity index (χ0n) is 13.3. The molecule has 3 atom stereocenters. The molecule has 2 aromatic heterocycles. The van der Waals surface area contributed by atoms with Crippen LogP contribution in [-0.2, 0) is 6.54 Å². The molecule has 0 N–H and O–H groups in total. The van der Waals surface area contributed by atoms with Gasteiger partial charge in [0.15, 0.2) is 0 Å². The molecular formula is C17H22N4O2. The minimum Gasteiger partial charge on any atom is -0.472 e. The Kier molecular flexibility index (Phi) is 3.69. The van der Waals surface area contributed by atoms with Crippen molar-refractivity contribution in [2.24, 2.45) is 5.92 Å². The molecule has 2 aliphatic heterocycles. The second kappa shape index (κ2) is 5.85. The fraction of sp³-hybridized carbons (Fsp3) is 0.529. The highest BCUT2D eigenvalue weighted by Gasteiger charge is 2.43. The van der Waals surface area contributed by atoms with E-state index >= 15 is 0 Å². The summed E-state index contributed by atoms with van der Waals surface area (Å²) in [5.41, 5.74) is 0.655. The third kappa shape index (κ3) is 2.67. The molecule has 4 rings (SSSR count). The monoisotopic (exact) mass is 314 g/mol. The average molecular weight is 314 g/mol. The number of likely N-dealkylation sites (N-methyl/N-ethyl adjacent to an activating group) is 1. The molecule has 122 valence electrons. The molecule has 1 amide bonds. The van der Waals surface area contributed by atoms with Crippen LogP contribution in [0.15, 0.2) is 41.5 Å². The highest BCUT2D eigenvalue weighted by Crippen LogP contribution is 2.35. The van der Waals surface area contributed by atoms with Crippen LogP contribution in [-0.4, -0.2) is 57.7 Å². The summed E-state index contributed by atoms with van der Waals surface area (Å²) in [5.74, 6) is 0.639. The van der Waals surface area contributed by atoms with Crippen molar-refractivity contribution in [2.45, 2.75) is 31.5 Å². The predicted molar refractivity (Wildman–Crippen MR) is 84.9 cm³/mol. The lowest BCUT2D eigenvalue weighted by Gasteiger charge is -2.37. The highest BCUT2D eigenvalue weighted by molar-refractivity contribution is 5.93. The summed E-state index contributed by atoms with van der Waals surface area (Å²) >= 11 is 0. The summed E-state index contributed by atoms with van der Waals surface area (Å²) in [5, 5.41) is 4.32. The van der Waals surface area contributed by atoms with Crippen molar-refractivity contribution in [1.82, 2.24) is 19.6 Å². The third-order valence-corrected chi connectivity index (χ3v) is 5.38. The first-order chi connectivity index (χ1) is 11.2. The van der Waals surface area contributed by atoms with Crippen molar-refractivity contribution < 1.29 is 9.21 Å². The Bertz CT molecular complexity index is 652. The fourth-order valence-corrected chi connectivity index (χ4v) is 4.16. The second-order valence-electron chi connectivity index (χ2n) is 6.66. The summed E-state index contributed by atoms with van der Waals surface area (Å²) in [4.78, 5) is 17.0. The summed E-state index contributed by atoms with van der Waals surface area (Å²) in [6.45, 7) is 2.59. The number of aromatic nitrogens is 2. The first-order valence-corrected chi connectivity index (χ1v) is 8.23. The van der Waals surface area contributed by atoms with E-state index in [2.05, 4.69) is 17.0 Å². The van der Waals surface area contributed by atoms with Crippen LogP contribution in [0, 0.1) is 5.92 Å². The SMILES string of the molecule is CN1[C@@H](Cn2cccn2)C[C@H]2CN(C(=O)c3ccoc3)CC[C@H]21. The van der Waals surface area contributed by atoms with Gasteiger partial charge in [-0.15, -0.1) is 0 Å². The number of furan rings is 1. The number of fused-ring (bicyclic) bond motifs is 1. The largest absolute Gasteiger partial charge is 0.472 e. The zero-order valence-corrected chi connectivity index (χ0v) is 13.3. The van der Waals surface area contributed by atoms with E-state index in [0.717, 1.165) is 32.5 Å². The number of amides is 1. The van der Waals surface area contributed by atoms with Crippen LogP contribution in [0.25, 0.3) is 0 Å². The molecule has 0 saturated carbocycles. The van der Waals surface area contributed by atoms with Crippen LogP contribution < -0.4 is 0 Å². The quantitative estimate of drug-likeness (QED) is 0.865. The topological polar surface area (TPSA) is 54.5 Å². The van der Waals surface area contributed by atoms with E-state index in [-0.39, 0.29) is 5.91 Å². The molecular weight excluding hydrogens is 292 g/mol. The lowest BCUT2D eigenvalue weighted by Crippen LogP contribution is -2.47. The molecule has 2 aliphatic rings. The smallest absolute Gasteiger partial charge is 0.257 e. The van der Waals surface area contributed by atoms with Crippen LogP contribution >= 0.6 is 0 Å². The summed E-state index contributed by atoms with van der Waals surface area (Å²) < 4.78 is 7.05. The highest BCUT2D eigenvalue weighted by atomic mass is 16.3. The van der Waals surface area contributed by atoms with E-state index in [1.807, 2.05) is 28.0 Å². The lowest BCUT2D eigenvalue weighted by molar-refractivity contribution is 0.0606. The number of piperidine rings is 1. The Balaban J connectivity index is 1.43. The normalized spacial score (nSPS) is 28.0. The Morgan fingerprint density at radius 2 is 2.39 bits per heavy atom. The third-order valence-electron chi connectivity index (χ3n) is 5.38. The summed E-state index contributed by atoms with van der Waals surface area (Å²) in [6.07, 6.45) is 9.10. The Morgan fingerprint density at radius 3 is 3.13 bits per heavy atom. The molecule has 4 heterocycles. The molecule has 0 aromatic carbocycles. The molecule has 0 unspecified atom stereocenters. The first kappa shape index (κ1) is 14.5. The Morgan fingerprint density at radius 1 is 1.48 bits per heavy atom. The summed E-state index contributed by atoms with van der Waals surface area (Å²) in [6, 6.07) is 4.78. The number of rotatable bonds is 3. The van der Waals surface area contributed by atoms with Gasteiger partial charge in [0, 0.05) is 37.6 Å². The lowest BCUT2D eigenvalue weighted by atomic mass is 9.92. The van der Waals surface area contributed by atoms with E-state index in [1.54, 1.807) is 12.3 Å². The molecule has 6 nitrogen and oxygen atoms in total. The van der Waals surface area contributed by atoms with Crippen LogP contribution in [0.4, 0.5) is 0 Å². The number of hydrogen-bond donors (Lipinski definition) is 0. The molecule has 0 bridgehead atoms. The van der Waals surface area contributed by atoms with Gasteiger partial charge in [-0.2, -0.15) is 5.10 Å². The number of carbonyl (C=O) groups excluding carboxylic acids is 1. The number of hydrogen-bond acceptors (Lipinski definition) is 4. The minimum absolute atomic E-state index is 0.0929. The van der Waals surface area contributed by atoms with Gasteiger partial charge in [-0.05, 0) is 37.9 Å². The van der Waals surface area contributed by atoms with Crippen molar-refractivity contribution in [3.63, 3.8) is 0 Å². The van der Waals surface area contributed by atoms with Crippen molar-refractivity contribution >= 4 is 5.91 Å². The van der Waals surface area contributed by atoms with Crippen molar-refractivity contribution in [3.8, 4) is 0 Å². The van der Waals surface area contributed by atoms with Gasteiger partial charge in [-0.1, -0.05) is 0 Å². The molecule has 0 aliphatic carbocycles. The average Bonchev–Trinajstić information content (AvgIpc) is 3.30. The van der Waals surface area contributed by atoms with E-state index in [1.165, 1.54) is 6.26 Å². The van der Waals surface area contributed by atoms with E-state index in [0.29, 0.717) is 23.6 Å². The van der Waals surface area contributed by atoms with E-state index in [9.17, 15) is 4.79 Å². The number of carbonyl (C=O) groups is 1. The summed E-state index contributed by atoms with van der Waals surface area (Å²) in [7, 11) is 2.21. The van der Waals surface area contributed by atoms with Gasteiger partial charge in [-0.25, -0.2) is 0 Å². The molecule has 6 heteroatoms. The van der Waals surface area contributed by atoms with Crippen molar-refractivity contribution in [3.05, 3.63) is 42.6 Å². The molecule has 2 saturated heterocycles. The van der Waals surface area contributed by atoms with Crippen molar-refractivity contribution in [2.75, 3.05) is 20.1 Å². The van der Waals surface area contributed by atoms with Crippen LogP contribution in [0.2, 0.25) is 0 Å². The Hall–Kier alpha value is -2.08. The first-order valence-electron chi connectivity index (χ1n) is 8.23. The minimum atomic E-state index is 0.0929. The van der Waals surface area contributed by atoms with Gasteiger partial charge in [0.1, 0.15) is 6.26 Å². The molecule has 0 spiro atoms. The number of nitrogens with zero attached hydrogens (tertiary/aromatic N) is 4. The van der Waals surface area contributed by atoms with Gasteiger partial charge in [0.2, 0.25) is 0 Å². The van der Waals surface area contributed by atoms with Crippen molar-refractivity contribution in [1.29, 1.82) is 0 Å². The molecule has 2 aromatic rings. The van der Waals surface area contributed by atoms with Gasteiger partial charge in [-0.3, -0.25) is 14.4 Å². The molecule has 23 heavy (non-hydrogen) atoms. The molecule has 0 radical (unpaired) electrons. The predicted octanol–water partition coefficient (Wildman–Crippen LogP) is 1.71. The van der Waals surface area contributed by atoms with Gasteiger partial charge < -0.3 is 9.32 Å². The van der Waals surface area contributed by atoms with Crippen LogP contribution in [0.3, 0.4) is 0 Å². The maximum absolute atomic E-state index is 12.5. The fourth-order valence-electron chi connectivity index (χ4n) is 4.16. The maximum atomic E-state index is 12.5. The molecule has 2 fully saturated rings.